The van der Waals surface area contributed by atoms with Gasteiger partial charge in [-0.25, -0.2) is 0 Å². The zero-order chi connectivity index (χ0) is 13.9. The van der Waals surface area contributed by atoms with Crippen LogP contribution in [0.3, 0.4) is 0 Å². The highest BCUT2D eigenvalue weighted by molar-refractivity contribution is 7.13. The molecule has 1 aliphatic rings. The molecule has 1 fully saturated rings. The average Bonchev–Trinajstić information content (AvgIpc) is 3.18. The zero-order valence-corrected chi connectivity index (χ0v) is 12.4. The molecule has 3 rings (SSSR count). The maximum atomic E-state index is 5.75. The van der Waals surface area contributed by atoms with Gasteiger partial charge >= 0.3 is 0 Å². The zero-order valence-electron chi connectivity index (χ0n) is 11.5. The molecule has 0 radical (unpaired) electrons. The molecule has 1 N–H and O–H groups in total. The van der Waals surface area contributed by atoms with Crippen LogP contribution in [-0.4, -0.2) is 23.3 Å². The van der Waals surface area contributed by atoms with E-state index in [1.54, 1.807) is 7.11 Å². The molecule has 2 aromatic rings. The van der Waals surface area contributed by atoms with E-state index in [-0.39, 0.29) is 0 Å². The second-order valence-electron chi connectivity index (χ2n) is 4.87. The van der Waals surface area contributed by atoms with E-state index in [2.05, 4.69) is 15.5 Å². The summed E-state index contributed by atoms with van der Waals surface area (Å²) in [5.74, 6) is 1.37. The molecule has 0 bridgehead atoms. The highest BCUT2D eigenvalue weighted by atomic mass is 32.1. The quantitative estimate of drug-likeness (QED) is 0.887. The number of methoxy groups -OCH3 is 1. The SMILES string of the molecule is COc1cc(C)ccc1Oc1nnc(CNC2CC2)s1. The molecular formula is C14H17N3O2S. The van der Waals surface area contributed by atoms with Crippen molar-refractivity contribution in [2.75, 3.05) is 7.11 Å². The summed E-state index contributed by atoms with van der Waals surface area (Å²) in [6.45, 7) is 2.77. The van der Waals surface area contributed by atoms with Crippen molar-refractivity contribution >= 4 is 11.3 Å². The summed E-state index contributed by atoms with van der Waals surface area (Å²) in [5, 5.41) is 13.1. The lowest BCUT2D eigenvalue weighted by molar-refractivity contribution is 0.376. The first-order chi connectivity index (χ1) is 9.74. The third-order valence-electron chi connectivity index (χ3n) is 3.08. The fourth-order valence-electron chi connectivity index (χ4n) is 1.82. The average molecular weight is 291 g/mol. The number of hydrogen-bond donors (Lipinski definition) is 1. The molecule has 0 spiro atoms. The van der Waals surface area contributed by atoms with Crippen molar-refractivity contribution in [2.45, 2.75) is 32.4 Å². The molecule has 0 atom stereocenters. The number of nitrogens with one attached hydrogen (secondary N) is 1. The van der Waals surface area contributed by atoms with E-state index in [1.807, 2.05) is 25.1 Å². The molecule has 0 aliphatic heterocycles. The second-order valence-corrected chi connectivity index (χ2v) is 5.90. The molecule has 1 aromatic heterocycles. The van der Waals surface area contributed by atoms with Gasteiger partial charge < -0.3 is 14.8 Å². The molecule has 1 aromatic carbocycles. The van der Waals surface area contributed by atoms with Crippen LogP contribution in [0, 0.1) is 6.92 Å². The third-order valence-corrected chi connectivity index (χ3v) is 3.89. The van der Waals surface area contributed by atoms with E-state index in [0.29, 0.717) is 22.7 Å². The number of hydrogen-bond acceptors (Lipinski definition) is 6. The molecule has 20 heavy (non-hydrogen) atoms. The van der Waals surface area contributed by atoms with Gasteiger partial charge in [-0.2, -0.15) is 0 Å². The summed E-state index contributed by atoms with van der Waals surface area (Å²) in [6.07, 6.45) is 2.53. The van der Waals surface area contributed by atoms with E-state index in [9.17, 15) is 0 Å². The summed E-state index contributed by atoms with van der Waals surface area (Å²) in [7, 11) is 1.63. The summed E-state index contributed by atoms with van der Waals surface area (Å²) in [4.78, 5) is 0. The van der Waals surface area contributed by atoms with Gasteiger partial charge in [0.2, 0.25) is 0 Å². The minimum Gasteiger partial charge on any atom is -0.493 e. The highest BCUT2D eigenvalue weighted by Gasteiger charge is 2.21. The van der Waals surface area contributed by atoms with Crippen molar-refractivity contribution in [1.29, 1.82) is 0 Å². The summed E-state index contributed by atoms with van der Waals surface area (Å²) in [5.41, 5.74) is 1.13. The largest absolute Gasteiger partial charge is 0.493 e. The van der Waals surface area contributed by atoms with Crippen LogP contribution in [-0.2, 0) is 6.54 Å². The van der Waals surface area contributed by atoms with Gasteiger partial charge in [-0.3, -0.25) is 0 Å². The number of benzene rings is 1. The van der Waals surface area contributed by atoms with E-state index >= 15 is 0 Å². The Kier molecular flexibility index (Phi) is 3.84. The topological polar surface area (TPSA) is 56.3 Å². The Labute approximate surface area is 121 Å². The summed E-state index contributed by atoms with van der Waals surface area (Å²) >= 11 is 1.46. The standard InChI is InChI=1S/C14H17N3O2S/c1-9-3-6-11(12(7-9)18-2)19-14-17-16-13(20-14)8-15-10-4-5-10/h3,6-7,10,15H,4-5,8H2,1-2H3. The van der Waals surface area contributed by atoms with Gasteiger partial charge in [0.15, 0.2) is 11.5 Å². The first-order valence-corrected chi connectivity index (χ1v) is 7.44. The minimum absolute atomic E-state index is 0.541. The van der Waals surface area contributed by atoms with Crippen LogP contribution in [0.25, 0.3) is 0 Å². The molecule has 5 nitrogen and oxygen atoms in total. The van der Waals surface area contributed by atoms with Crippen LogP contribution in [0.1, 0.15) is 23.4 Å². The monoisotopic (exact) mass is 291 g/mol. The lowest BCUT2D eigenvalue weighted by atomic mass is 10.2. The lowest BCUT2D eigenvalue weighted by Gasteiger charge is -2.08. The predicted octanol–water partition coefficient (Wildman–Crippen LogP) is 2.90. The molecule has 6 heteroatoms. The Morgan fingerprint density at radius 1 is 1.30 bits per heavy atom. The number of ether oxygens (including phenoxy) is 2. The molecule has 1 heterocycles. The van der Waals surface area contributed by atoms with E-state index in [1.165, 1.54) is 24.2 Å². The molecule has 0 unspecified atom stereocenters. The van der Waals surface area contributed by atoms with Gasteiger partial charge in [-0.15, -0.1) is 5.10 Å². The van der Waals surface area contributed by atoms with Gasteiger partial charge in [0.05, 0.1) is 13.7 Å². The minimum atomic E-state index is 0.541. The van der Waals surface area contributed by atoms with Gasteiger partial charge in [-0.05, 0) is 37.5 Å². The Balaban J connectivity index is 1.67. The van der Waals surface area contributed by atoms with Crippen LogP contribution in [0.2, 0.25) is 0 Å². The van der Waals surface area contributed by atoms with E-state index < -0.39 is 0 Å². The molecular weight excluding hydrogens is 274 g/mol. The second kappa shape index (κ2) is 5.76. The Bertz CT molecular complexity index is 596. The van der Waals surface area contributed by atoms with Crippen molar-refractivity contribution in [3.63, 3.8) is 0 Å². The Morgan fingerprint density at radius 2 is 2.15 bits per heavy atom. The smallest absolute Gasteiger partial charge is 0.299 e. The Hall–Kier alpha value is -1.66. The predicted molar refractivity (Wildman–Crippen MR) is 77.6 cm³/mol. The van der Waals surface area contributed by atoms with Crippen molar-refractivity contribution in [3.8, 4) is 16.7 Å². The van der Waals surface area contributed by atoms with Gasteiger partial charge in [-0.1, -0.05) is 22.5 Å². The van der Waals surface area contributed by atoms with Gasteiger partial charge in [0.1, 0.15) is 5.01 Å². The van der Waals surface area contributed by atoms with Gasteiger partial charge in [0.25, 0.3) is 5.19 Å². The molecule has 0 amide bonds. The Morgan fingerprint density at radius 3 is 2.90 bits per heavy atom. The summed E-state index contributed by atoms with van der Waals surface area (Å²) in [6, 6.07) is 6.47. The first kappa shape index (κ1) is 13.3. The number of aryl methyl sites for hydroxylation is 1. The number of rotatable bonds is 6. The van der Waals surface area contributed by atoms with Crippen LogP contribution in [0.4, 0.5) is 0 Å². The normalized spacial score (nSPS) is 14.3. The number of aromatic nitrogens is 2. The fourth-order valence-corrected chi connectivity index (χ4v) is 2.47. The fraction of sp³-hybridized carbons (Fsp3) is 0.429. The molecule has 0 saturated heterocycles. The highest BCUT2D eigenvalue weighted by Crippen LogP contribution is 2.33. The maximum absolute atomic E-state index is 5.75. The van der Waals surface area contributed by atoms with Crippen molar-refractivity contribution in [1.82, 2.24) is 15.5 Å². The first-order valence-electron chi connectivity index (χ1n) is 6.63. The molecule has 106 valence electrons. The van der Waals surface area contributed by atoms with Crippen molar-refractivity contribution in [2.24, 2.45) is 0 Å². The van der Waals surface area contributed by atoms with Crippen molar-refractivity contribution < 1.29 is 9.47 Å². The maximum Gasteiger partial charge on any atom is 0.299 e. The van der Waals surface area contributed by atoms with Crippen LogP contribution in [0.15, 0.2) is 18.2 Å². The van der Waals surface area contributed by atoms with Crippen molar-refractivity contribution in [3.05, 3.63) is 28.8 Å². The van der Waals surface area contributed by atoms with E-state index in [0.717, 1.165) is 17.1 Å². The van der Waals surface area contributed by atoms with Crippen LogP contribution >= 0.6 is 11.3 Å². The number of nitrogens with zero attached hydrogens (tertiary/aromatic N) is 2. The van der Waals surface area contributed by atoms with Crippen LogP contribution < -0.4 is 14.8 Å². The summed E-state index contributed by atoms with van der Waals surface area (Å²) < 4.78 is 11.1. The van der Waals surface area contributed by atoms with Gasteiger partial charge in [0, 0.05) is 6.04 Å². The molecule has 1 saturated carbocycles. The lowest BCUT2D eigenvalue weighted by Crippen LogP contribution is -2.14. The molecule has 1 aliphatic carbocycles. The van der Waals surface area contributed by atoms with Crippen LogP contribution in [0.5, 0.6) is 16.7 Å². The third kappa shape index (κ3) is 3.26. The van der Waals surface area contributed by atoms with E-state index in [4.69, 9.17) is 9.47 Å².